The summed E-state index contributed by atoms with van der Waals surface area (Å²) in [6, 6.07) is 2.26. The molecule has 0 aliphatic rings. The summed E-state index contributed by atoms with van der Waals surface area (Å²) < 4.78 is 5.11. The number of hydrazine groups is 1. The minimum Gasteiger partial charge on any atom is -0.377 e. The lowest BCUT2D eigenvalue weighted by atomic mass is 10.2. The molecule has 0 unspecified atom stereocenters. The van der Waals surface area contributed by atoms with Crippen LogP contribution in [-0.4, -0.2) is 29.7 Å². The third kappa shape index (κ3) is 4.94. The zero-order valence-corrected chi connectivity index (χ0v) is 13.0. The van der Waals surface area contributed by atoms with Gasteiger partial charge in [0.05, 0.1) is 0 Å². The van der Waals surface area contributed by atoms with E-state index in [9.17, 15) is 0 Å². The van der Waals surface area contributed by atoms with Gasteiger partial charge < -0.3 is 15.1 Å². The molecular weight excluding hydrogens is 254 g/mol. The van der Waals surface area contributed by atoms with Gasteiger partial charge in [0, 0.05) is 25.8 Å². The highest BCUT2D eigenvalue weighted by Gasteiger charge is 2.14. The fourth-order valence-electron chi connectivity index (χ4n) is 2.07. The summed E-state index contributed by atoms with van der Waals surface area (Å²) in [7, 11) is 1.63. The predicted molar refractivity (Wildman–Crippen MR) is 82.6 cm³/mol. The van der Waals surface area contributed by atoms with Crippen LogP contribution < -0.4 is 16.2 Å². The van der Waals surface area contributed by atoms with Gasteiger partial charge in [0.25, 0.3) is 0 Å². The van der Waals surface area contributed by atoms with Crippen molar-refractivity contribution in [3.05, 3.63) is 11.9 Å². The molecule has 0 saturated carbocycles. The maximum Gasteiger partial charge on any atom is 0.158 e. The summed E-state index contributed by atoms with van der Waals surface area (Å²) in [5.74, 6) is 7.63. The van der Waals surface area contributed by atoms with Crippen molar-refractivity contribution >= 4 is 11.6 Å². The molecule has 1 heterocycles. The minimum atomic E-state index is 0.378. The molecule has 0 amide bonds. The van der Waals surface area contributed by atoms with Crippen LogP contribution in [0.4, 0.5) is 11.6 Å². The van der Waals surface area contributed by atoms with Gasteiger partial charge >= 0.3 is 0 Å². The van der Waals surface area contributed by atoms with Crippen LogP contribution in [0.3, 0.4) is 0 Å². The third-order valence-corrected chi connectivity index (χ3v) is 3.10. The number of unbranched alkanes of at least 4 members (excludes halogenated alkanes) is 2. The van der Waals surface area contributed by atoms with Crippen LogP contribution in [-0.2, 0) is 11.3 Å². The first-order chi connectivity index (χ1) is 9.62. The largest absolute Gasteiger partial charge is 0.377 e. The maximum atomic E-state index is 5.48. The number of hydrogen-bond acceptors (Lipinski definition) is 6. The monoisotopic (exact) mass is 281 g/mol. The van der Waals surface area contributed by atoms with Gasteiger partial charge in [0.15, 0.2) is 5.82 Å². The molecule has 0 aliphatic carbocycles. The highest BCUT2D eigenvalue weighted by molar-refractivity contribution is 5.49. The van der Waals surface area contributed by atoms with Crippen LogP contribution in [0.1, 0.15) is 45.9 Å². The second kappa shape index (κ2) is 8.71. The van der Waals surface area contributed by atoms with Crippen molar-refractivity contribution in [2.24, 2.45) is 5.84 Å². The highest BCUT2D eigenvalue weighted by atomic mass is 16.5. The molecule has 1 aromatic heterocycles. The molecule has 1 aromatic rings. The van der Waals surface area contributed by atoms with Gasteiger partial charge in [0.1, 0.15) is 18.2 Å². The average molecular weight is 281 g/mol. The molecule has 0 aliphatic heterocycles. The molecule has 0 spiro atoms. The standard InChI is InChI=1S/C14H27N5O/c1-5-6-7-8-19(11(2)3)14-9-12(18-15)16-13(17-14)10-20-4/h9,11H,5-8,10,15H2,1-4H3,(H,16,17,18). The molecule has 0 saturated heterocycles. The molecule has 6 heteroatoms. The first-order valence-electron chi connectivity index (χ1n) is 7.22. The Balaban J connectivity index is 2.95. The van der Waals surface area contributed by atoms with Gasteiger partial charge in [0.2, 0.25) is 0 Å². The SMILES string of the molecule is CCCCCN(c1cc(NN)nc(COC)n1)C(C)C. The third-order valence-electron chi connectivity index (χ3n) is 3.10. The van der Waals surface area contributed by atoms with Gasteiger partial charge in [-0.15, -0.1) is 0 Å². The number of nitrogens with two attached hydrogens (primary N) is 1. The topological polar surface area (TPSA) is 76.3 Å². The fraction of sp³-hybridized carbons (Fsp3) is 0.714. The second-order valence-electron chi connectivity index (χ2n) is 5.10. The molecular formula is C14H27N5O. The summed E-state index contributed by atoms with van der Waals surface area (Å²) >= 11 is 0. The lowest BCUT2D eigenvalue weighted by molar-refractivity contribution is 0.178. The minimum absolute atomic E-state index is 0.378. The van der Waals surface area contributed by atoms with Crippen LogP contribution in [0.2, 0.25) is 0 Å². The maximum absolute atomic E-state index is 5.48. The Morgan fingerprint density at radius 2 is 2.10 bits per heavy atom. The Morgan fingerprint density at radius 3 is 2.65 bits per heavy atom. The molecule has 20 heavy (non-hydrogen) atoms. The Labute approximate surface area is 121 Å². The van der Waals surface area contributed by atoms with Crippen LogP contribution in [0.5, 0.6) is 0 Å². The first-order valence-corrected chi connectivity index (χ1v) is 7.22. The van der Waals surface area contributed by atoms with E-state index < -0.39 is 0 Å². The number of nitrogen functional groups attached to an aromatic ring is 1. The summed E-state index contributed by atoms with van der Waals surface area (Å²) in [4.78, 5) is 11.1. The van der Waals surface area contributed by atoms with Gasteiger partial charge in [-0.3, -0.25) is 0 Å². The van der Waals surface area contributed by atoms with Crippen molar-refractivity contribution < 1.29 is 4.74 Å². The summed E-state index contributed by atoms with van der Waals surface area (Å²) in [5, 5.41) is 0. The molecule has 0 atom stereocenters. The van der Waals surface area contributed by atoms with Crippen LogP contribution >= 0.6 is 0 Å². The Kier molecular flexibility index (Phi) is 7.25. The van der Waals surface area contributed by atoms with Crippen molar-refractivity contribution in [3.63, 3.8) is 0 Å². The lowest BCUT2D eigenvalue weighted by Gasteiger charge is -2.28. The molecule has 6 nitrogen and oxygen atoms in total. The first kappa shape index (κ1) is 16.7. The number of nitrogens with zero attached hydrogens (tertiary/aromatic N) is 3. The van der Waals surface area contributed by atoms with E-state index >= 15 is 0 Å². The van der Waals surface area contributed by atoms with E-state index in [1.807, 2.05) is 6.07 Å². The summed E-state index contributed by atoms with van der Waals surface area (Å²) in [5.41, 5.74) is 2.59. The van der Waals surface area contributed by atoms with E-state index in [-0.39, 0.29) is 0 Å². The predicted octanol–water partition coefficient (Wildman–Crippen LogP) is 2.31. The molecule has 0 aromatic carbocycles. The Morgan fingerprint density at radius 1 is 1.35 bits per heavy atom. The molecule has 0 bridgehead atoms. The second-order valence-corrected chi connectivity index (χ2v) is 5.10. The van der Waals surface area contributed by atoms with E-state index in [0.29, 0.717) is 24.3 Å². The average Bonchev–Trinajstić information content (AvgIpc) is 2.43. The number of aromatic nitrogens is 2. The van der Waals surface area contributed by atoms with E-state index in [0.717, 1.165) is 18.8 Å². The van der Waals surface area contributed by atoms with Crippen molar-refractivity contribution in [1.82, 2.24) is 9.97 Å². The van der Waals surface area contributed by atoms with E-state index in [2.05, 4.69) is 41.1 Å². The zero-order valence-electron chi connectivity index (χ0n) is 13.0. The molecule has 0 radical (unpaired) electrons. The number of ether oxygens (including phenoxy) is 1. The number of hydrogen-bond donors (Lipinski definition) is 2. The van der Waals surface area contributed by atoms with Crippen molar-refractivity contribution in [2.75, 3.05) is 24.0 Å². The van der Waals surface area contributed by atoms with Gasteiger partial charge in [-0.2, -0.15) is 0 Å². The Bertz CT molecular complexity index is 397. The molecule has 114 valence electrons. The van der Waals surface area contributed by atoms with Crippen molar-refractivity contribution in [1.29, 1.82) is 0 Å². The van der Waals surface area contributed by atoms with Crippen LogP contribution in [0, 0.1) is 0 Å². The van der Waals surface area contributed by atoms with Crippen LogP contribution in [0.15, 0.2) is 6.07 Å². The number of nitrogens with one attached hydrogen (secondary N) is 1. The van der Waals surface area contributed by atoms with Gasteiger partial charge in [-0.05, 0) is 20.3 Å². The molecule has 1 rings (SSSR count). The fourth-order valence-corrected chi connectivity index (χ4v) is 2.07. The van der Waals surface area contributed by atoms with Gasteiger partial charge in [-0.1, -0.05) is 19.8 Å². The summed E-state index contributed by atoms with van der Waals surface area (Å²) in [6.45, 7) is 7.90. The van der Waals surface area contributed by atoms with E-state index in [1.165, 1.54) is 12.8 Å². The number of methoxy groups -OCH3 is 1. The number of anilines is 2. The van der Waals surface area contributed by atoms with Crippen molar-refractivity contribution in [3.8, 4) is 0 Å². The zero-order chi connectivity index (χ0) is 15.0. The normalized spacial score (nSPS) is 10.9. The lowest BCUT2D eigenvalue weighted by Crippen LogP contribution is -2.33. The van der Waals surface area contributed by atoms with Gasteiger partial charge in [-0.25, -0.2) is 15.8 Å². The molecule has 0 fully saturated rings. The highest BCUT2D eigenvalue weighted by Crippen LogP contribution is 2.19. The molecule has 3 N–H and O–H groups in total. The quantitative estimate of drug-likeness (QED) is 0.411. The summed E-state index contributed by atoms with van der Waals surface area (Å²) in [6.07, 6.45) is 3.59. The van der Waals surface area contributed by atoms with E-state index in [1.54, 1.807) is 7.11 Å². The van der Waals surface area contributed by atoms with Crippen LogP contribution in [0.25, 0.3) is 0 Å². The Hall–Kier alpha value is -1.40. The smallest absolute Gasteiger partial charge is 0.158 e. The number of rotatable bonds is 9. The van der Waals surface area contributed by atoms with E-state index in [4.69, 9.17) is 10.6 Å². The van der Waals surface area contributed by atoms with Crippen molar-refractivity contribution in [2.45, 2.75) is 52.7 Å².